The highest BCUT2D eigenvalue weighted by atomic mass is 79.9. The first-order valence-electron chi connectivity index (χ1n) is 9.61. The predicted molar refractivity (Wildman–Crippen MR) is 107 cm³/mol. The first-order chi connectivity index (χ1) is 13.0. The maximum absolute atomic E-state index is 13.0. The molecular weight excluding hydrogens is 410 g/mol. The molecule has 0 radical (unpaired) electrons. The lowest BCUT2D eigenvalue weighted by molar-refractivity contribution is -0.138. The fraction of sp³-hybridized carbons (Fsp3) is 0.550. The van der Waals surface area contributed by atoms with E-state index in [-0.39, 0.29) is 30.1 Å². The van der Waals surface area contributed by atoms with Gasteiger partial charge in [-0.1, -0.05) is 15.9 Å². The number of piperidine rings is 1. The summed E-state index contributed by atoms with van der Waals surface area (Å²) in [6.45, 7) is 6.66. The van der Waals surface area contributed by atoms with Crippen LogP contribution in [0.15, 0.2) is 28.7 Å². The molecule has 6 nitrogen and oxygen atoms in total. The number of hydrogen-bond donors (Lipinski definition) is 0. The van der Waals surface area contributed by atoms with E-state index >= 15 is 0 Å². The Bertz CT molecular complexity index is 718. The van der Waals surface area contributed by atoms with Crippen LogP contribution in [0, 0.1) is 5.92 Å². The van der Waals surface area contributed by atoms with Gasteiger partial charge in [-0.3, -0.25) is 19.3 Å². The van der Waals surface area contributed by atoms with E-state index < -0.39 is 6.04 Å². The van der Waals surface area contributed by atoms with Gasteiger partial charge in [-0.2, -0.15) is 0 Å². The van der Waals surface area contributed by atoms with Gasteiger partial charge in [-0.15, -0.1) is 0 Å². The van der Waals surface area contributed by atoms with Crippen molar-refractivity contribution >= 4 is 39.3 Å². The minimum Gasteiger partial charge on any atom is -0.343 e. The third-order valence-corrected chi connectivity index (χ3v) is 6.05. The average molecular weight is 436 g/mol. The van der Waals surface area contributed by atoms with Crippen molar-refractivity contribution in [2.45, 2.75) is 39.2 Å². The highest BCUT2D eigenvalue weighted by Crippen LogP contribution is 2.29. The number of anilines is 1. The molecule has 3 rings (SSSR count). The fourth-order valence-corrected chi connectivity index (χ4v) is 4.31. The van der Waals surface area contributed by atoms with Gasteiger partial charge < -0.3 is 4.90 Å². The van der Waals surface area contributed by atoms with E-state index in [1.165, 1.54) is 4.90 Å². The molecule has 146 valence electrons. The maximum Gasteiger partial charge on any atom is 0.251 e. The number of benzene rings is 1. The fourth-order valence-electron chi connectivity index (χ4n) is 4.05. The van der Waals surface area contributed by atoms with Gasteiger partial charge in [-0.05, 0) is 57.5 Å². The van der Waals surface area contributed by atoms with Crippen LogP contribution in [0.1, 0.15) is 33.1 Å². The Labute approximate surface area is 168 Å². The molecule has 0 unspecified atom stereocenters. The molecule has 2 saturated heterocycles. The summed E-state index contributed by atoms with van der Waals surface area (Å²) in [4.78, 5) is 43.4. The average Bonchev–Trinajstić information content (AvgIpc) is 2.98. The van der Waals surface area contributed by atoms with Crippen molar-refractivity contribution < 1.29 is 14.4 Å². The second-order valence-corrected chi connectivity index (χ2v) is 8.02. The minimum atomic E-state index is -0.464. The second kappa shape index (κ2) is 8.52. The molecule has 2 heterocycles. The third kappa shape index (κ3) is 4.09. The summed E-state index contributed by atoms with van der Waals surface area (Å²) in [5.41, 5.74) is 0.600. The van der Waals surface area contributed by atoms with Crippen LogP contribution in [-0.2, 0) is 14.4 Å². The second-order valence-electron chi connectivity index (χ2n) is 7.11. The first kappa shape index (κ1) is 20.0. The predicted octanol–water partition coefficient (Wildman–Crippen LogP) is 2.66. The molecule has 1 aromatic carbocycles. The van der Waals surface area contributed by atoms with Crippen LogP contribution >= 0.6 is 15.9 Å². The van der Waals surface area contributed by atoms with Crippen LogP contribution in [0.4, 0.5) is 5.69 Å². The zero-order valence-electron chi connectivity index (χ0n) is 15.9. The smallest absolute Gasteiger partial charge is 0.251 e. The molecule has 27 heavy (non-hydrogen) atoms. The summed E-state index contributed by atoms with van der Waals surface area (Å²) in [5, 5.41) is 0. The van der Waals surface area contributed by atoms with Crippen LogP contribution < -0.4 is 4.90 Å². The summed E-state index contributed by atoms with van der Waals surface area (Å²) in [6.07, 6.45) is 1.89. The largest absolute Gasteiger partial charge is 0.343 e. The van der Waals surface area contributed by atoms with Crippen LogP contribution in [0.3, 0.4) is 0 Å². The highest BCUT2D eigenvalue weighted by molar-refractivity contribution is 9.10. The number of hydrogen-bond acceptors (Lipinski definition) is 4. The van der Waals surface area contributed by atoms with E-state index in [1.807, 2.05) is 35.8 Å². The standard InChI is InChI=1S/C20H26BrN3O3/c1-3-22(4-2)19(26)14-6-5-11-23(13-14)17-12-18(25)24(20(17)27)16-9-7-15(21)8-10-16/h7-10,14,17H,3-6,11-13H2,1-2H3/t14-,17-/m0/s1. The summed E-state index contributed by atoms with van der Waals surface area (Å²) >= 11 is 3.37. The molecule has 1 aromatic rings. The number of rotatable bonds is 5. The first-order valence-corrected chi connectivity index (χ1v) is 10.4. The van der Waals surface area contributed by atoms with Crippen molar-refractivity contribution in [2.75, 3.05) is 31.1 Å². The van der Waals surface area contributed by atoms with Crippen molar-refractivity contribution in [1.29, 1.82) is 0 Å². The van der Waals surface area contributed by atoms with Gasteiger partial charge in [0.25, 0.3) is 5.91 Å². The SMILES string of the molecule is CCN(CC)C(=O)[C@H]1CCCN([C@H]2CC(=O)N(c3ccc(Br)cc3)C2=O)C1. The van der Waals surface area contributed by atoms with E-state index in [0.29, 0.717) is 25.3 Å². The summed E-state index contributed by atoms with van der Waals surface area (Å²) in [6, 6.07) is 6.72. The normalized spacial score (nSPS) is 23.7. The summed E-state index contributed by atoms with van der Waals surface area (Å²) < 4.78 is 0.899. The molecule has 7 heteroatoms. The zero-order valence-corrected chi connectivity index (χ0v) is 17.4. The number of nitrogens with zero attached hydrogens (tertiary/aromatic N) is 3. The lowest BCUT2D eigenvalue weighted by atomic mass is 9.95. The Morgan fingerprint density at radius 3 is 2.48 bits per heavy atom. The molecule has 0 aliphatic carbocycles. The zero-order chi connectivity index (χ0) is 19.6. The Hall–Kier alpha value is -1.73. The van der Waals surface area contributed by atoms with E-state index in [1.54, 1.807) is 12.1 Å². The Morgan fingerprint density at radius 2 is 1.85 bits per heavy atom. The van der Waals surface area contributed by atoms with Gasteiger partial charge in [0.1, 0.15) is 0 Å². The van der Waals surface area contributed by atoms with Gasteiger partial charge in [0.05, 0.1) is 24.1 Å². The molecular formula is C20H26BrN3O3. The summed E-state index contributed by atoms with van der Waals surface area (Å²) in [5.74, 6) is -0.294. The van der Waals surface area contributed by atoms with Crippen LogP contribution in [0.5, 0.6) is 0 Å². The van der Waals surface area contributed by atoms with Gasteiger partial charge in [-0.25, -0.2) is 4.90 Å². The number of amides is 3. The Balaban J connectivity index is 1.72. The van der Waals surface area contributed by atoms with E-state index in [0.717, 1.165) is 23.9 Å². The lowest BCUT2D eigenvalue weighted by Gasteiger charge is -2.36. The van der Waals surface area contributed by atoms with E-state index in [2.05, 4.69) is 15.9 Å². The Kier molecular flexibility index (Phi) is 6.32. The van der Waals surface area contributed by atoms with Gasteiger partial charge in [0.15, 0.2) is 0 Å². The van der Waals surface area contributed by atoms with Crippen LogP contribution in [0.2, 0.25) is 0 Å². The third-order valence-electron chi connectivity index (χ3n) is 5.53. The Morgan fingerprint density at radius 1 is 1.19 bits per heavy atom. The van der Waals surface area contributed by atoms with Crippen molar-refractivity contribution in [1.82, 2.24) is 9.80 Å². The van der Waals surface area contributed by atoms with E-state index in [4.69, 9.17) is 0 Å². The monoisotopic (exact) mass is 435 g/mol. The van der Waals surface area contributed by atoms with Crippen molar-refractivity contribution in [2.24, 2.45) is 5.92 Å². The van der Waals surface area contributed by atoms with Crippen LogP contribution in [-0.4, -0.2) is 59.7 Å². The molecule has 0 aromatic heterocycles. The maximum atomic E-state index is 13.0. The summed E-state index contributed by atoms with van der Waals surface area (Å²) in [7, 11) is 0. The molecule has 2 aliphatic rings. The van der Waals surface area contributed by atoms with Crippen molar-refractivity contribution in [3.8, 4) is 0 Å². The molecule has 0 N–H and O–H groups in total. The number of carbonyl (C=O) groups excluding carboxylic acids is 3. The minimum absolute atomic E-state index is 0.0942. The quantitative estimate of drug-likeness (QED) is 0.666. The van der Waals surface area contributed by atoms with Crippen molar-refractivity contribution in [3.63, 3.8) is 0 Å². The lowest BCUT2D eigenvalue weighted by Crippen LogP contribution is -2.50. The molecule has 0 saturated carbocycles. The van der Waals surface area contributed by atoms with Gasteiger partial charge in [0, 0.05) is 24.1 Å². The molecule has 2 atom stereocenters. The molecule has 2 fully saturated rings. The number of carbonyl (C=O) groups is 3. The van der Waals surface area contributed by atoms with E-state index in [9.17, 15) is 14.4 Å². The van der Waals surface area contributed by atoms with Gasteiger partial charge in [0.2, 0.25) is 11.8 Å². The molecule has 0 bridgehead atoms. The highest BCUT2D eigenvalue weighted by Gasteiger charge is 2.44. The van der Waals surface area contributed by atoms with Crippen molar-refractivity contribution in [3.05, 3.63) is 28.7 Å². The number of likely N-dealkylation sites (tertiary alicyclic amines) is 1. The topological polar surface area (TPSA) is 60.9 Å². The molecule has 2 aliphatic heterocycles. The van der Waals surface area contributed by atoms with Crippen LogP contribution in [0.25, 0.3) is 0 Å². The number of imide groups is 1. The molecule has 0 spiro atoms. The van der Waals surface area contributed by atoms with Gasteiger partial charge >= 0.3 is 0 Å². The molecule has 3 amide bonds. The number of halogens is 1.